The van der Waals surface area contributed by atoms with E-state index in [1.165, 1.54) is 12.8 Å². The van der Waals surface area contributed by atoms with Gasteiger partial charge in [-0.2, -0.15) is 5.26 Å². The number of hydrogen-bond donors (Lipinski definition) is 1. The third-order valence-electron chi connectivity index (χ3n) is 2.91. The summed E-state index contributed by atoms with van der Waals surface area (Å²) in [4.78, 5) is 0. The zero-order chi connectivity index (χ0) is 10.8. The number of anilines is 1. The molecule has 3 heteroatoms. The van der Waals surface area contributed by atoms with Gasteiger partial charge in [0.15, 0.2) is 0 Å². The molecule has 1 saturated carbocycles. The minimum Gasteiger partial charge on any atom is -0.381 e. The Morgan fingerprint density at radius 2 is 2.40 bits per heavy atom. The molecule has 78 valence electrons. The summed E-state index contributed by atoms with van der Waals surface area (Å²) in [6.45, 7) is 2.19. The van der Waals surface area contributed by atoms with E-state index in [2.05, 4.69) is 18.3 Å². The summed E-state index contributed by atoms with van der Waals surface area (Å²) in [5.74, 6) is 0.760. The Balaban J connectivity index is 2.15. The van der Waals surface area contributed by atoms with Crippen LogP contribution in [0.15, 0.2) is 18.2 Å². The van der Waals surface area contributed by atoms with Crippen LogP contribution in [0.3, 0.4) is 0 Å². The van der Waals surface area contributed by atoms with E-state index in [1.807, 2.05) is 12.1 Å². The number of rotatable bonds is 3. The first kappa shape index (κ1) is 10.3. The molecule has 1 aromatic carbocycles. The minimum atomic E-state index is 0.524. The van der Waals surface area contributed by atoms with Gasteiger partial charge in [-0.05, 0) is 24.5 Å². The molecule has 2 atom stereocenters. The highest BCUT2D eigenvalue weighted by Gasteiger charge is 2.35. The van der Waals surface area contributed by atoms with Crippen LogP contribution in [0, 0.1) is 17.2 Å². The van der Waals surface area contributed by atoms with Gasteiger partial charge in [-0.3, -0.25) is 0 Å². The third kappa shape index (κ3) is 2.08. The third-order valence-corrected chi connectivity index (χ3v) is 3.23. The Kier molecular flexibility index (Phi) is 2.83. The van der Waals surface area contributed by atoms with Crippen LogP contribution >= 0.6 is 11.6 Å². The highest BCUT2D eigenvalue weighted by atomic mass is 35.5. The lowest BCUT2D eigenvalue weighted by molar-refractivity contribution is 0.775. The molecule has 1 N–H and O–H groups in total. The van der Waals surface area contributed by atoms with Crippen LogP contribution in [0.1, 0.15) is 25.3 Å². The van der Waals surface area contributed by atoms with E-state index in [1.54, 1.807) is 6.07 Å². The second-order valence-electron chi connectivity index (χ2n) is 3.93. The predicted octanol–water partition coefficient (Wildman–Crippen LogP) is 3.42. The first-order valence-electron chi connectivity index (χ1n) is 5.21. The summed E-state index contributed by atoms with van der Waals surface area (Å²) in [7, 11) is 0. The molecule has 0 saturated heterocycles. The summed E-state index contributed by atoms with van der Waals surface area (Å²) >= 11 is 5.94. The normalized spacial score (nSPS) is 23.3. The fraction of sp³-hybridized carbons (Fsp3) is 0.417. The van der Waals surface area contributed by atoms with Crippen molar-refractivity contribution >= 4 is 17.3 Å². The molecule has 1 aromatic rings. The Morgan fingerprint density at radius 3 is 3.00 bits per heavy atom. The van der Waals surface area contributed by atoms with Crippen molar-refractivity contribution < 1.29 is 0 Å². The standard InChI is InChI=1S/C12H13ClN2/c1-2-8-6-12(8)15-11-5-3-4-10(13)9(11)7-14/h3-5,8,12,15H,2,6H2,1H3. The molecule has 0 heterocycles. The molecule has 0 aromatic heterocycles. The first-order chi connectivity index (χ1) is 7.26. The summed E-state index contributed by atoms with van der Waals surface area (Å²) < 4.78 is 0. The monoisotopic (exact) mass is 220 g/mol. The van der Waals surface area contributed by atoms with E-state index < -0.39 is 0 Å². The van der Waals surface area contributed by atoms with Gasteiger partial charge < -0.3 is 5.32 Å². The smallest absolute Gasteiger partial charge is 0.103 e. The van der Waals surface area contributed by atoms with Crippen molar-refractivity contribution in [2.45, 2.75) is 25.8 Å². The van der Waals surface area contributed by atoms with Crippen LogP contribution in [0.2, 0.25) is 5.02 Å². The zero-order valence-corrected chi connectivity index (χ0v) is 9.38. The van der Waals surface area contributed by atoms with Crippen molar-refractivity contribution in [3.05, 3.63) is 28.8 Å². The van der Waals surface area contributed by atoms with Gasteiger partial charge in [-0.25, -0.2) is 0 Å². The molecule has 1 aliphatic rings. The highest BCUT2D eigenvalue weighted by Crippen LogP contribution is 2.37. The van der Waals surface area contributed by atoms with E-state index in [4.69, 9.17) is 16.9 Å². The van der Waals surface area contributed by atoms with E-state index in [9.17, 15) is 0 Å². The fourth-order valence-electron chi connectivity index (χ4n) is 1.83. The molecular weight excluding hydrogens is 208 g/mol. The molecule has 0 radical (unpaired) electrons. The maximum atomic E-state index is 8.98. The van der Waals surface area contributed by atoms with Gasteiger partial charge in [0, 0.05) is 6.04 Å². The van der Waals surface area contributed by atoms with Gasteiger partial charge in [0.05, 0.1) is 16.3 Å². The lowest BCUT2D eigenvalue weighted by atomic mass is 10.2. The van der Waals surface area contributed by atoms with Crippen molar-refractivity contribution in [3.63, 3.8) is 0 Å². The Morgan fingerprint density at radius 1 is 1.60 bits per heavy atom. The van der Waals surface area contributed by atoms with Gasteiger partial charge in [-0.15, -0.1) is 0 Å². The summed E-state index contributed by atoms with van der Waals surface area (Å²) in [6, 6.07) is 8.19. The van der Waals surface area contributed by atoms with E-state index in [0.717, 1.165) is 11.6 Å². The second-order valence-corrected chi connectivity index (χ2v) is 4.34. The topological polar surface area (TPSA) is 35.8 Å². The highest BCUT2D eigenvalue weighted by molar-refractivity contribution is 6.32. The average molecular weight is 221 g/mol. The molecular formula is C12H13ClN2. The fourth-order valence-corrected chi connectivity index (χ4v) is 2.05. The molecule has 2 rings (SSSR count). The number of halogens is 1. The summed E-state index contributed by atoms with van der Waals surface area (Å²) in [6.07, 6.45) is 2.40. The van der Waals surface area contributed by atoms with Gasteiger partial charge in [0.1, 0.15) is 6.07 Å². The van der Waals surface area contributed by atoms with Crippen LogP contribution in [-0.4, -0.2) is 6.04 Å². The number of nitrogens with one attached hydrogen (secondary N) is 1. The molecule has 0 amide bonds. The number of hydrogen-bond acceptors (Lipinski definition) is 2. The van der Waals surface area contributed by atoms with E-state index in [-0.39, 0.29) is 0 Å². The van der Waals surface area contributed by atoms with Crippen LogP contribution in [0.4, 0.5) is 5.69 Å². The van der Waals surface area contributed by atoms with Crippen LogP contribution in [-0.2, 0) is 0 Å². The lowest BCUT2D eigenvalue weighted by Crippen LogP contribution is -2.05. The molecule has 0 bridgehead atoms. The van der Waals surface area contributed by atoms with Crippen molar-refractivity contribution in [3.8, 4) is 6.07 Å². The number of benzene rings is 1. The molecule has 15 heavy (non-hydrogen) atoms. The van der Waals surface area contributed by atoms with Crippen LogP contribution in [0.25, 0.3) is 0 Å². The minimum absolute atomic E-state index is 0.524. The first-order valence-corrected chi connectivity index (χ1v) is 5.59. The van der Waals surface area contributed by atoms with E-state index in [0.29, 0.717) is 16.6 Å². The van der Waals surface area contributed by atoms with Crippen LogP contribution < -0.4 is 5.32 Å². The van der Waals surface area contributed by atoms with Crippen molar-refractivity contribution in [2.75, 3.05) is 5.32 Å². The largest absolute Gasteiger partial charge is 0.381 e. The maximum Gasteiger partial charge on any atom is 0.103 e. The van der Waals surface area contributed by atoms with Gasteiger partial charge in [0.25, 0.3) is 0 Å². The van der Waals surface area contributed by atoms with Gasteiger partial charge in [-0.1, -0.05) is 31.0 Å². The SMILES string of the molecule is CCC1CC1Nc1cccc(Cl)c1C#N. The quantitative estimate of drug-likeness (QED) is 0.847. The Labute approximate surface area is 94.9 Å². The van der Waals surface area contributed by atoms with Crippen molar-refractivity contribution in [1.29, 1.82) is 5.26 Å². The Hall–Kier alpha value is -1.20. The Bertz CT molecular complexity index is 409. The lowest BCUT2D eigenvalue weighted by Gasteiger charge is -2.08. The summed E-state index contributed by atoms with van der Waals surface area (Å²) in [5.41, 5.74) is 1.42. The predicted molar refractivity (Wildman–Crippen MR) is 62.0 cm³/mol. The molecule has 0 aliphatic heterocycles. The van der Waals surface area contributed by atoms with Crippen molar-refractivity contribution in [1.82, 2.24) is 0 Å². The van der Waals surface area contributed by atoms with Gasteiger partial charge in [0.2, 0.25) is 0 Å². The van der Waals surface area contributed by atoms with Crippen LogP contribution in [0.5, 0.6) is 0 Å². The maximum absolute atomic E-state index is 8.98. The second kappa shape index (κ2) is 4.12. The van der Waals surface area contributed by atoms with Gasteiger partial charge >= 0.3 is 0 Å². The molecule has 2 nitrogen and oxygen atoms in total. The van der Waals surface area contributed by atoms with E-state index >= 15 is 0 Å². The average Bonchev–Trinajstić information content (AvgIpc) is 2.97. The summed E-state index contributed by atoms with van der Waals surface area (Å²) in [5, 5.41) is 12.9. The molecule has 2 unspecified atom stereocenters. The molecule has 0 spiro atoms. The van der Waals surface area contributed by atoms with Crippen molar-refractivity contribution in [2.24, 2.45) is 5.92 Å². The number of nitriles is 1. The zero-order valence-electron chi connectivity index (χ0n) is 8.63. The molecule has 1 aliphatic carbocycles. The molecule has 1 fully saturated rings. The number of nitrogens with zero attached hydrogens (tertiary/aromatic N) is 1.